The zero-order valence-electron chi connectivity index (χ0n) is 10.1. The third-order valence-electron chi connectivity index (χ3n) is 2.47. The van der Waals surface area contributed by atoms with Crippen LogP contribution in [0.2, 0.25) is 0 Å². The van der Waals surface area contributed by atoms with Crippen LogP contribution in [0.3, 0.4) is 0 Å². The lowest BCUT2D eigenvalue weighted by atomic mass is 10.2. The fourth-order valence-corrected chi connectivity index (χ4v) is 2.03. The first-order valence-corrected chi connectivity index (χ1v) is 6.19. The summed E-state index contributed by atoms with van der Waals surface area (Å²) in [6.07, 6.45) is 2.75. The Morgan fingerprint density at radius 3 is 2.84 bits per heavy atom. The van der Waals surface area contributed by atoms with Gasteiger partial charge in [-0.3, -0.25) is 9.78 Å². The first-order valence-electron chi connectivity index (χ1n) is 5.39. The number of amides is 1. The Labute approximate surface area is 118 Å². The molecule has 0 fully saturated rings. The average Bonchev–Trinajstić information content (AvgIpc) is 2.41. The van der Waals surface area contributed by atoms with E-state index in [1.807, 2.05) is 0 Å². The van der Waals surface area contributed by atoms with Gasteiger partial charge in [0.15, 0.2) is 5.75 Å². The second kappa shape index (κ2) is 5.71. The maximum atomic E-state index is 12.1. The van der Waals surface area contributed by atoms with Crippen LogP contribution < -0.4 is 10.1 Å². The van der Waals surface area contributed by atoms with Crippen LogP contribution in [0.5, 0.6) is 11.5 Å². The van der Waals surface area contributed by atoms with E-state index in [1.54, 1.807) is 25.3 Å². The van der Waals surface area contributed by atoms with Gasteiger partial charge in [0, 0.05) is 10.7 Å². The minimum Gasteiger partial charge on any atom is -0.504 e. The highest BCUT2D eigenvalue weighted by molar-refractivity contribution is 9.10. The standard InChI is InChI=1S/C13H11BrN2O3/c1-19-8-2-3-9(10(14)6-8)13(18)16-11-4-5-15-7-12(11)17/h2-7,17H,1H3,(H,15,16,18). The van der Waals surface area contributed by atoms with Gasteiger partial charge < -0.3 is 15.2 Å². The summed E-state index contributed by atoms with van der Waals surface area (Å²) in [6.45, 7) is 0. The molecular formula is C13H11BrN2O3. The van der Waals surface area contributed by atoms with Crippen LogP contribution >= 0.6 is 15.9 Å². The van der Waals surface area contributed by atoms with Crippen LogP contribution in [0, 0.1) is 0 Å². The van der Waals surface area contributed by atoms with Crippen molar-refractivity contribution in [2.45, 2.75) is 0 Å². The van der Waals surface area contributed by atoms with Crippen LogP contribution in [-0.4, -0.2) is 23.1 Å². The molecule has 98 valence electrons. The molecule has 0 aliphatic heterocycles. The van der Waals surface area contributed by atoms with Crippen molar-refractivity contribution in [3.63, 3.8) is 0 Å². The first kappa shape index (κ1) is 13.4. The largest absolute Gasteiger partial charge is 0.504 e. The van der Waals surface area contributed by atoms with Crippen molar-refractivity contribution in [1.29, 1.82) is 0 Å². The Morgan fingerprint density at radius 1 is 1.42 bits per heavy atom. The highest BCUT2D eigenvalue weighted by Gasteiger charge is 2.12. The Kier molecular flexibility index (Phi) is 4.01. The zero-order chi connectivity index (χ0) is 13.8. The molecule has 1 aromatic heterocycles. The Balaban J connectivity index is 2.23. The van der Waals surface area contributed by atoms with Crippen molar-refractivity contribution < 1.29 is 14.6 Å². The van der Waals surface area contributed by atoms with Crippen LogP contribution in [0.1, 0.15) is 10.4 Å². The number of ether oxygens (including phenoxy) is 1. The summed E-state index contributed by atoms with van der Waals surface area (Å²) < 4.78 is 5.67. The number of methoxy groups -OCH3 is 1. The molecule has 0 saturated heterocycles. The van der Waals surface area contributed by atoms with E-state index in [1.165, 1.54) is 18.5 Å². The van der Waals surface area contributed by atoms with Gasteiger partial charge >= 0.3 is 0 Å². The van der Waals surface area contributed by atoms with Crippen LogP contribution in [0.25, 0.3) is 0 Å². The second-order valence-electron chi connectivity index (χ2n) is 3.69. The monoisotopic (exact) mass is 322 g/mol. The molecule has 2 rings (SSSR count). The number of benzene rings is 1. The van der Waals surface area contributed by atoms with Gasteiger partial charge in [-0.2, -0.15) is 0 Å². The van der Waals surface area contributed by atoms with Crippen molar-refractivity contribution in [2.75, 3.05) is 12.4 Å². The number of hydrogen-bond acceptors (Lipinski definition) is 4. The fourth-order valence-electron chi connectivity index (χ4n) is 1.49. The molecule has 1 heterocycles. The normalized spacial score (nSPS) is 10.0. The highest BCUT2D eigenvalue weighted by atomic mass is 79.9. The van der Waals surface area contributed by atoms with Crippen molar-refractivity contribution in [3.8, 4) is 11.5 Å². The van der Waals surface area contributed by atoms with Crippen LogP contribution in [0.15, 0.2) is 41.1 Å². The van der Waals surface area contributed by atoms with Crippen LogP contribution in [0.4, 0.5) is 5.69 Å². The smallest absolute Gasteiger partial charge is 0.256 e. The van der Waals surface area contributed by atoms with E-state index in [2.05, 4.69) is 26.2 Å². The number of rotatable bonds is 3. The summed E-state index contributed by atoms with van der Waals surface area (Å²) in [6, 6.07) is 6.54. The fraction of sp³-hybridized carbons (Fsp3) is 0.0769. The van der Waals surface area contributed by atoms with E-state index in [0.29, 0.717) is 21.5 Å². The first-order chi connectivity index (χ1) is 9.11. The second-order valence-corrected chi connectivity index (χ2v) is 4.55. The maximum Gasteiger partial charge on any atom is 0.256 e. The lowest BCUT2D eigenvalue weighted by molar-refractivity contribution is 0.102. The molecule has 0 radical (unpaired) electrons. The number of nitrogens with zero attached hydrogens (tertiary/aromatic N) is 1. The summed E-state index contributed by atoms with van der Waals surface area (Å²) in [4.78, 5) is 15.8. The minimum absolute atomic E-state index is 0.0829. The number of hydrogen-bond donors (Lipinski definition) is 2. The Hall–Kier alpha value is -2.08. The quantitative estimate of drug-likeness (QED) is 0.911. The minimum atomic E-state index is -0.337. The lowest BCUT2D eigenvalue weighted by Crippen LogP contribution is -2.12. The number of nitrogens with one attached hydrogen (secondary N) is 1. The van der Waals surface area contributed by atoms with E-state index in [4.69, 9.17) is 4.74 Å². The molecule has 2 aromatic rings. The van der Waals surface area contributed by atoms with Gasteiger partial charge in [0.2, 0.25) is 0 Å². The Bertz CT molecular complexity index is 617. The zero-order valence-corrected chi connectivity index (χ0v) is 11.6. The number of carbonyl (C=O) groups is 1. The Morgan fingerprint density at radius 2 is 2.21 bits per heavy atom. The average molecular weight is 323 g/mol. The molecule has 5 nitrogen and oxygen atoms in total. The molecule has 0 bridgehead atoms. The third kappa shape index (κ3) is 3.03. The van der Waals surface area contributed by atoms with Crippen molar-refractivity contribution in [1.82, 2.24) is 4.98 Å². The highest BCUT2D eigenvalue weighted by Crippen LogP contribution is 2.25. The van der Waals surface area contributed by atoms with E-state index in [-0.39, 0.29) is 11.7 Å². The molecule has 19 heavy (non-hydrogen) atoms. The molecule has 2 N–H and O–H groups in total. The number of pyridine rings is 1. The van der Waals surface area contributed by atoms with Crippen molar-refractivity contribution in [2.24, 2.45) is 0 Å². The number of aromatic nitrogens is 1. The van der Waals surface area contributed by atoms with Gasteiger partial charge in [0.25, 0.3) is 5.91 Å². The summed E-state index contributed by atoms with van der Waals surface area (Å²) >= 11 is 3.30. The van der Waals surface area contributed by atoms with E-state index in [9.17, 15) is 9.90 Å². The van der Waals surface area contributed by atoms with Gasteiger partial charge in [0.05, 0.1) is 24.6 Å². The predicted molar refractivity (Wildman–Crippen MR) is 74.5 cm³/mol. The molecule has 0 aliphatic rings. The van der Waals surface area contributed by atoms with E-state index >= 15 is 0 Å². The van der Waals surface area contributed by atoms with E-state index in [0.717, 1.165) is 0 Å². The number of halogens is 1. The van der Waals surface area contributed by atoms with Crippen molar-refractivity contribution in [3.05, 3.63) is 46.7 Å². The predicted octanol–water partition coefficient (Wildman–Crippen LogP) is 2.81. The molecule has 0 saturated carbocycles. The van der Waals surface area contributed by atoms with Crippen molar-refractivity contribution >= 4 is 27.5 Å². The summed E-state index contributed by atoms with van der Waals surface area (Å²) in [5.41, 5.74) is 0.750. The molecule has 0 spiro atoms. The van der Waals surface area contributed by atoms with Crippen LogP contribution in [-0.2, 0) is 0 Å². The molecule has 1 aromatic carbocycles. The van der Waals surface area contributed by atoms with Gasteiger partial charge in [0.1, 0.15) is 5.75 Å². The molecule has 1 amide bonds. The SMILES string of the molecule is COc1ccc(C(=O)Nc2ccncc2O)c(Br)c1. The number of aromatic hydroxyl groups is 1. The number of carbonyl (C=O) groups excluding carboxylic acids is 1. The molecular weight excluding hydrogens is 312 g/mol. The molecule has 0 aliphatic carbocycles. The summed E-state index contributed by atoms with van der Waals surface area (Å²) in [7, 11) is 1.55. The lowest BCUT2D eigenvalue weighted by Gasteiger charge is -2.09. The van der Waals surface area contributed by atoms with Gasteiger partial charge in [-0.25, -0.2) is 0 Å². The van der Waals surface area contributed by atoms with E-state index < -0.39 is 0 Å². The molecule has 0 atom stereocenters. The third-order valence-corrected chi connectivity index (χ3v) is 3.13. The van der Waals surface area contributed by atoms with Gasteiger partial charge in [-0.05, 0) is 40.2 Å². The van der Waals surface area contributed by atoms with Gasteiger partial charge in [-0.15, -0.1) is 0 Å². The summed E-state index contributed by atoms with van der Waals surface area (Å²) in [5.74, 6) is 0.228. The molecule has 0 unspecified atom stereocenters. The topological polar surface area (TPSA) is 71.5 Å². The maximum absolute atomic E-state index is 12.1. The summed E-state index contributed by atoms with van der Waals surface area (Å²) in [5, 5.41) is 12.2. The number of anilines is 1. The van der Waals surface area contributed by atoms with Gasteiger partial charge in [-0.1, -0.05) is 0 Å². The molecule has 6 heteroatoms.